The molecule has 2 N–H and O–H groups in total. The summed E-state index contributed by atoms with van der Waals surface area (Å²) in [4.78, 5) is 15.4. The van der Waals surface area contributed by atoms with Crippen LogP contribution in [-0.4, -0.2) is 32.2 Å². The lowest BCUT2D eigenvalue weighted by molar-refractivity contribution is 0.0693. The summed E-state index contributed by atoms with van der Waals surface area (Å²) in [5.41, 5.74) is 1.57. The maximum Gasteiger partial charge on any atom is 0.357 e. The Morgan fingerprint density at radius 2 is 2.40 bits per heavy atom. The highest BCUT2D eigenvalue weighted by molar-refractivity contribution is 7.21. The molecule has 0 fully saturated rings. The smallest absolute Gasteiger partial charge is 0.357 e. The molecule has 0 spiro atoms. The van der Waals surface area contributed by atoms with Crippen molar-refractivity contribution in [2.24, 2.45) is 0 Å². The second kappa shape index (κ2) is 5.62. The molecular weight excluding hydrogens is 276 g/mol. The van der Waals surface area contributed by atoms with E-state index < -0.39 is 5.97 Å². The lowest BCUT2D eigenvalue weighted by Crippen LogP contribution is -2.04. The van der Waals surface area contributed by atoms with Crippen LogP contribution in [-0.2, 0) is 0 Å². The van der Waals surface area contributed by atoms with Gasteiger partial charge in [-0.2, -0.15) is 0 Å². The molecule has 0 atom stereocenters. The molecule has 1 aliphatic carbocycles. The SMILES string of the molecule is O=C(O)c1ncn2nc(NCCC3=CCCCC3)sc12. The number of carbonyl (C=O) groups is 1. The standard InChI is InChI=1S/C13H16N4O2S/c18-12(19)10-11-17(8-15-10)16-13(20-11)14-7-6-9-4-2-1-3-5-9/h4,8H,1-3,5-7H2,(H,14,16)(H,18,19). The molecule has 106 valence electrons. The molecule has 6 nitrogen and oxygen atoms in total. The molecule has 0 unspecified atom stereocenters. The van der Waals surface area contributed by atoms with E-state index in [0.29, 0.717) is 4.83 Å². The van der Waals surface area contributed by atoms with Crippen LogP contribution in [0.25, 0.3) is 4.83 Å². The van der Waals surface area contributed by atoms with Crippen LogP contribution in [0.3, 0.4) is 0 Å². The van der Waals surface area contributed by atoms with Crippen molar-refractivity contribution >= 4 is 27.3 Å². The lowest BCUT2D eigenvalue weighted by atomic mass is 9.97. The molecule has 20 heavy (non-hydrogen) atoms. The Morgan fingerprint density at radius 1 is 1.50 bits per heavy atom. The van der Waals surface area contributed by atoms with Crippen molar-refractivity contribution in [3.8, 4) is 0 Å². The van der Waals surface area contributed by atoms with E-state index in [1.807, 2.05) is 0 Å². The van der Waals surface area contributed by atoms with Crippen molar-refractivity contribution in [1.82, 2.24) is 14.6 Å². The maximum atomic E-state index is 11.0. The summed E-state index contributed by atoms with van der Waals surface area (Å²) in [5.74, 6) is -1.02. The highest BCUT2D eigenvalue weighted by Gasteiger charge is 2.15. The second-order valence-electron chi connectivity index (χ2n) is 4.84. The van der Waals surface area contributed by atoms with E-state index in [-0.39, 0.29) is 5.69 Å². The van der Waals surface area contributed by atoms with Gasteiger partial charge < -0.3 is 10.4 Å². The summed E-state index contributed by atoms with van der Waals surface area (Å²) in [7, 11) is 0. The first-order valence-corrected chi connectivity index (χ1v) is 7.55. The Bertz CT molecular complexity index is 658. The Labute approximate surface area is 120 Å². The van der Waals surface area contributed by atoms with Crippen molar-refractivity contribution < 1.29 is 9.90 Å². The Morgan fingerprint density at radius 3 is 3.15 bits per heavy atom. The predicted molar refractivity (Wildman–Crippen MR) is 77.5 cm³/mol. The van der Waals surface area contributed by atoms with Crippen LogP contribution in [0.1, 0.15) is 42.6 Å². The van der Waals surface area contributed by atoms with Crippen molar-refractivity contribution in [3.05, 3.63) is 23.7 Å². The highest BCUT2D eigenvalue weighted by atomic mass is 32.1. The van der Waals surface area contributed by atoms with Gasteiger partial charge in [0.25, 0.3) is 0 Å². The van der Waals surface area contributed by atoms with Crippen molar-refractivity contribution in [2.75, 3.05) is 11.9 Å². The van der Waals surface area contributed by atoms with E-state index >= 15 is 0 Å². The average molecular weight is 292 g/mol. The van der Waals surface area contributed by atoms with E-state index in [9.17, 15) is 4.79 Å². The number of rotatable bonds is 5. The summed E-state index contributed by atoms with van der Waals surface area (Å²) in [6.45, 7) is 0.832. The minimum atomic E-state index is -1.02. The van der Waals surface area contributed by atoms with Gasteiger partial charge in [0.2, 0.25) is 5.13 Å². The summed E-state index contributed by atoms with van der Waals surface area (Å²) in [6, 6.07) is 0. The quantitative estimate of drug-likeness (QED) is 0.828. The number of allylic oxidation sites excluding steroid dienone is 1. The zero-order valence-corrected chi connectivity index (χ0v) is 11.8. The Kier molecular flexibility index (Phi) is 3.68. The summed E-state index contributed by atoms with van der Waals surface area (Å²) < 4.78 is 1.51. The molecule has 1 aliphatic rings. The molecule has 2 aromatic rings. The third-order valence-electron chi connectivity index (χ3n) is 3.41. The molecule has 0 aliphatic heterocycles. The van der Waals surface area contributed by atoms with Crippen LogP contribution in [0, 0.1) is 0 Å². The summed E-state index contributed by atoms with van der Waals surface area (Å²) >= 11 is 1.32. The van der Waals surface area contributed by atoms with E-state index in [4.69, 9.17) is 5.11 Å². The van der Waals surface area contributed by atoms with Crippen molar-refractivity contribution in [3.63, 3.8) is 0 Å². The number of carboxylic acids is 1. The van der Waals surface area contributed by atoms with Gasteiger partial charge in [0.15, 0.2) is 10.5 Å². The van der Waals surface area contributed by atoms with E-state index in [2.05, 4.69) is 21.5 Å². The van der Waals surface area contributed by atoms with Gasteiger partial charge in [-0.3, -0.25) is 0 Å². The van der Waals surface area contributed by atoms with Gasteiger partial charge in [-0.15, -0.1) is 5.10 Å². The molecule has 0 amide bonds. The van der Waals surface area contributed by atoms with Crippen LogP contribution in [0.15, 0.2) is 18.0 Å². The van der Waals surface area contributed by atoms with Gasteiger partial charge in [0.05, 0.1) is 0 Å². The number of anilines is 1. The minimum Gasteiger partial charge on any atom is -0.476 e. The number of aromatic carboxylic acids is 1. The number of hydrogen-bond donors (Lipinski definition) is 2. The number of nitrogens with one attached hydrogen (secondary N) is 1. The predicted octanol–water partition coefficient (Wildman–Crippen LogP) is 2.79. The summed E-state index contributed by atoms with van der Waals surface area (Å²) in [6.07, 6.45) is 9.80. The first kappa shape index (κ1) is 13.1. The van der Waals surface area contributed by atoms with Crippen LogP contribution in [0.2, 0.25) is 0 Å². The minimum absolute atomic E-state index is 0.0607. The monoisotopic (exact) mass is 292 g/mol. The molecule has 3 rings (SSSR count). The zero-order chi connectivity index (χ0) is 13.9. The molecule has 0 saturated carbocycles. The number of fused-ring (bicyclic) bond motifs is 1. The topological polar surface area (TPSA) is 79.5 Å². The molecular formula is C13H16N4O2S. The first-order valence-electron chi connectivity index (χ1n) is 6.73. The lowest BCUT2D eigenvalue weighted by Gasteiger charge is -2.12. The number of aromatic nitrogens is 3. The fourth-order valence-corrected chi connectivity index (χ4v) is 3.29. The molecule has 2 heterocycles. The molecule has 0 saturated heterocycles. The van der Waals surface area contributed by atoms with Gasteiger partial charge in [0, 0.05) is 6.54 Å². The normalized spacial score (nSPS) is 15.3. The van der Waals surface area contributed by atoms with Crippen LogP contribution < -0.4 is 5.32 Å². The van der Waals surface area contributed by atoms with Crippen LogP contribution >= 0.6 is 11.3 Å². The van der Waals surface area contributed by atoms with Gasteiger partial charge in [-0.25, -0.2) is 14.3 Å². The Balaban J connectivity index is 1.63. The maximum absolute atomic E-state index is 11.0. The van der Waals surface area contributed by atoms with Gasteiger partial charge in [0.1, 0.15) is 6.33 Å². The molecule has 7 heteroatoms. The van der Waals surface area contributed by atoms with E-state index in [1.165, 1.54) is 53.4 Å². The number of nitrogens with zero attached hydrogens (tertiary/aromatic N) is 3. The van der Waals surface area contributed by atoms with Crippen LogP contribution in [0.5, 0.6) is 0 Å². The molecule has 0 bridgehead atoms. The van der Waals surface area contributed by atoms with Gasteiger partial charge in [-0.05, 0) is 32.1 Å². The first-order chi connectivity index (χ1) is 9.74. The van der Waals surface area contributed by atoms with Gasteiger partial charge in [-0.1, -0.05) is 23.0 Å². The molecule has 0 aromatic carbocycles. The highest BCUT2D eigenvalue weighted by Crippen LogP contribution is 2.24. The Hall–Kier alpha value is -1.89. The number of hydrogen-bond acceptors (Lipinski definition) is 5. The fourth-order valence-electron chi connectivity index (χ4n) is 2.38. The molecule has 0 radical (unpaired) electrons. The number of carboxylic acid groups (broad SMARTS) is 1. The van der Waals surface area contributed by atoms with Gasteiger partial charge >= 0.3 is 5.97 Å². The second-order valence-corrected chi connectivity index (χ2v) is 5.82. The fraction of sp³-hybridized carbons (Fsp3) is 0.462. The van der Waals surface area contributed by atoms with Crippen molar-refractivity contribution in [1.29, 1.82) is 0 Å². The third kappa shape index (κ3) is 2.67. The summed E-state index contributed by atoms with van der Waals surface area (Å²) in [5, 5.41) is 17.3. The molecule has 2 aromatic heterocycles. The third-order valence-corrected chi connectivity index (χ3v) is 4.40. The van der Waals surface area contributed by atoms with Crippen LogP contribution in [0.4, 0.5) is 5.13 Å². The van der Waals surface area contributed by atoms with E-state index in [1.54, 1.807) is 0 Å². The zero-order valence-electron chi connectivity index (χ0n) is 11.0. The number of imidazole rings is 1. The largest absolute Gasteiger partial charge is 0.476 e. The van der Waals surface area contributed by atoms with E-state index in [0.717, 1.165) is 18.1 Å². The average Bonchev–Trinajstić information content (AvgIpc) is 2.99. The van der Waals surface area contributed by atoms with Crippen molar-refractivity contribution in [2.45, 2.75) is 32.1 Å².